The van der Waals surface area contributed by atoms with E-state index in [0.717, 1.165) is 11.8 Å². The molecule has 3 unspecified atom stereocenters. The number of nitrogens with two attached hydrogens (primary N) is 1. The van der Waals surface area contributed by atoms with Crippen molar-refractivity contribution >= 4 is 0 Å². The first-order chi connectivity index (χ1) is 6.60. The molecule has 0 aromatic carbocycles. The molecule has 86 valence electrons. The van der Waals surface area contributed by atoms with Gasteiger partial charge in [-0.15, -0.1) is 0 Å². The third kappa shape index (κ3) is 7.37. The fourth-order valence-electron chi connectivity index (χ4n) is 2.28. The molecule has 2 N–H and O–H groups in total. The summed E-state index contributed by atoms with van der Waals surface area (Å²) in [5, 5.41) is 0. The minimum atomic E-state index is 0.369. The zero-order chi connectivity index (χ0) is 11.0. The van der Waals surface area contributed by atoms with Gasteiger partial charge in [0.05, 0.1) is 0 Å². The van der Waals surface area contributed by atoms with Gasteiger partial charge >= 0.3 is 0 Å². The Hall–Kier alpha value is -0.0400. The molecule has 0 bridgehead atoms. The first kappa shape index (κ1) is 14.0. The second-order valence-corrected chi connectivity index (χ2v) is 4.97. The van der Waals surface area contributed by atoms with E-state index in [1.807, 2.05) is 0 Å². The highest BCUT2D eigenvalue weighted by Crippen LogP contribution is 2.23. The summed E-state index contributed by atoms with van der Waals surface area (Å²) in [6, 6.07) is 0.369. The molecule has 0 aromatic heterocycles. The van der Waals surface area contributed by atoms with Crippen LogP contribution < -0.4 is 5.73 Å². The van der Waals surface area contributed by atoms with Crippen LogP contribution >= 0.6 is 0 Å². The Kier molecular flexibility index (Phi) is 8.26. The van der Waals surface area contributed by atoms with Gasteiger partial charge in [-0.05, 0) is 31.6 Å². The summed E-state index contributed by atoms with van der Waals surface area (Å²) < 4.78 is 0. The summed E-state index contributed by atoms with van der Waals surface area (Å²) in [6.07, 6.45) is 8.03. The van der Waals surface area contributed by atoms with E-state index in [4.69, 9.17) is 5.73 Å². The van der Waals surface area contributed by atoms with Crippen LogP contribution in [0.5, 0.6) is 0 Å². The van der Waals surface area contributed by atoms with Crippen molar-refractivity contribution < 1.29 is 0 Å². The molecule has 0 aliphatic carbocycles. The van der Waals surface area contributed by atoms with Gasteiger partial charge in [-0.3, -0.25) is 0 Å². The monoisotopic (exact) mass is 199 g/mol. The molecule has 0 spiro atoms. The fraction of sp³-hybridized carbons (Fsp3) is 1.00. The molecule has 0 heterocycles. The largest absolute Gasteiger partial charge is 0.328 e. The van der Waals surface area contributed by atoms with Crippen LogP contribution in [0.3, 0.4) is 0 Å². The second-order valence-electron chi connectivity index (χ2n) is 4.97. The average Bonchev–Trinajstić information content (AvgIpc) is 2.10. The standard InChI is InChI=1S/C13H29N/c1-5-7-8-13(6-2)10-11(3)9-12(4)14/h11-13H,5-10,14H2,1-4H3. The minimum Gasteiger partial charge on any atom is -0.328 e. The minimum absolute atomic E-state index is 0.369. The maximum absolute atomic E-state index is 5.81. The normalized spacial score (nSPS) is 17.8. The Bertz CT molecular complexity index is 120. The highest BCUT2D eigenvalue weighted by molar-refractivity contribution is 4.66. The van der Waals surface area contributed by atoms with Gasteiger partial charge in [-0.2, -0.15) is 0 Å². The smallest absolute Gasteiger partial charge is 0.00130 e. The zero-order valence-electron chi connectivity index (χ0n) is 10.6. The summed E-state index contributed by atoms with van der Waals surface area (Å²) in [6.45, 7) is 9.05. The Morgan fingerprint density at radius 2 is 1.71 bits per heavy atom. The topological polar surface area (TPSA) is 26.0 Å². The van der Waals surface area contributed by atoms with Gasteiger partial charge in [-0.25, -0.2) is 0 Å². The number of unbranched alkanes of at least 4 members (excludes halogenated alkanes) is 1. The van der Waals surface area contributed by atoms with E-state index in [9.17, 15) is 0 Å². The molecule has 1 nitrogen and oxygen atoms in total. The van der Waals surface area contributed by atoms with Gasteiger partial charge < -0.3 is 5.73 Å². The van der Waals surface area contributed by atoms with Gasteiger partial charge in [0.2, 0.25) is 0 Å². The molecule has 0 amide bonds. The Morgan fingerprint density at radius 3 is 2.14 bits per heavy atom. The van der Waals surface area contributed by atoms with Crippen LogP contribution in [-0.4, -0.2) is 6.04 Å². The molecule has 0 saturated heterocycles. The highest BCUT2D eigenvalue weighted by Gasteiger charge is 2.12. The Labute approximate surface area is 90.5 Å². The van der Waals surface area contributed by atoms with Gasteiger partial charge in [0, 0.05) is 6.04 Å². The lowest BCUT2D eigenvalue weighted by atomic mass is 9.87. The van der Waals surface area contributed by atoms with Gasteiger partial charge in [0.15, 0.2) is 0 Å². The lowest BCUT2D eigenvalue weighted by Gasteiger charge is -2.20. The van der Waals surface area contributed by atoms with Crippen molar-refractivity contribution in [2.24, 2.45) is 17.6 Å². The van der Waals surface area contributed by atoms with Gasteiger partial charge in [-0.1, -0.05) is 46.5 Å². The van der Waals surface area contributed by atoms with Crippen molar-refractivity contribution in [1.82, 2.24) is 0 Å². The average molecular weight is 199 g/mol. The maximum atomic E-state index is 5.81. The van der Waals surface area contributed by atoms with E-state index in [1.54, 1.807) is 0 Å². The summed E-state index contributed by atoms with van der Waals surface area (Å²) in [5.41, 5.74) is 5.81. The molecule has 14 heavy (non-hydrogen) atoms. The van der Waals surface area contributed by atoms with Gasteiger partial charge in [0.25, 0.3) is 0 Å². The molecule has 0 aliphatic rings. The van der Waals surface area contributed by atoms with Crippen LogP contribution in [0.25, 0.3) is 0 Å². The molecule has 0 saturated carbocycles. The van der Waals surface area contributed by atoms with Crippen molar-refractivity contribution in [3.05, 3.63) is 0 Å². The van der Waals surface area contributed by atoms with E-state index in [2.05, 4.69) is 27.7 Å². The SMILES string of the molecule is CCCCC(CC)CC(C)CC(C)N. The van der Waals surface area contributed by atoms with Crippen molar-refractivity contribution in [2.45, 2.75) is 72.3 Å². The van der Waals surface area contributed by atoms with Crippen LogP contribution in [0.1, 0.15) is 66.2 Å². The zero-order valence-corrected chi connectivity index (χ0v) is 10.6. The Morgan fingerprint density at radius 1 is 1.07 bits per heavy atom. The lowest BCUT2D eigenvalue weighted by molar-refractivity contribution is 0.329. The predicted molar refractivity (Wildman–Crippen MR) is 65.4 cm³/mol. The number of rotatable bonds is 8. The molecule has 0 rings (SSSR count). The van der Waals surface area contributed by atoms with E-state index in [1.165, 1.54) is 38.5 Å². The summed E-state index contributed by atoms with van der Waals surface area (Å²) in [7, 11) is 0. The van der Waals surface area contributed by atoms with Gasteiger partial charge in [0.1, 0.15) is 0 Å². The molecular weight excluding hydrogens is 170 g/mol. The Balaban J connectivity index is 3.68. The predicted octanol–water partition coefficient (Wildman–Crippen LogP) is 3.97. The van der Waals surface area contributed by atoms with Crippen LogP contribution in [0, 0.1) is 11.8 Å². The van der Waals surface area contributed by atoms with Crippen molar-refractivity contribution in [2.75, 3.05) is 0 Å². The first-order valence-electron chi connectivity index (χ1n) is 6.35. The highest BCUT2D eigenvalue weighted by atomic mass is 14.6. The molecule has 0 aromatic rings. The quantitative estimate of drug-likeness (QED) is 0.629. The molecule has 1 heteroatoms. The molecule has 0 aliphatic heterocycles. The van der Waals surface area contributed by atoms with E-state index < -0.39 is 0 Å². The summed E-state index contributed by atoms with van der Waals surface area (Å²) >= 11 is 0. The van der Waals surface area contributed by atoms with Crippen LogP contribution in [0.15, 0.2) is 0 Å². The molecule has 0 fully saturated rings. The third-order valence-electron chi connectivity index (χ3n) is 3.05. The summed E-state index contributed by atoms with van der Waals surface area (Å²) in [5.74, 6) is 1.74. The van der Waals surface area contributed by atoms with Crippen LogP contribution in [0.2, 0.25) is 0 Å². The third-order valence-corrected chi connectivity index (χ3v) is 3.05. The van der Waals surface area contributed by atoms with E-state index in [0.29, 0.717) is 6.04 Å². The first-order valence-corrected chi connectivity index (χ1v) is 6.35. The van der Waals surface area contributed by atoms with Crippen molar-refractivity contribution in [1.29, 1.82) is 0 Å². The number of hydrogen-bond donors (Lipinski definition) is 1. The van der Waals surface area contributed by atoms with Crippen molar-refractivity contribution in [3.8, 4) is 0 Å². The lowest BCUT2D eigenvalue weighted by Crippen LogP contribution is -2.19. The molecule has 3 atom stereocenters. The van der Waals surface area contributed by atoms with E-state index >= 15 is 0 Å². The van der Waals surface area contributed by atoms with Crippen LogP contribution in [0.4, 0.5) is 0 Å². The number of hydrogen-bond acceptors (Lipinski definition) is 1. The van der Waals surface area contributed by atoms with Crippen LogP contribution in [-0.2, 0) is 0 Å². The molecular formula is C13H29N. The molecule has 0 radical (unpaired) electrons. The maximum Gasteiger partial charge on any atom is 0.00130 e. The summed E-state index contributed by atoms with van der Waals surface area (Å²) in [4.78, 5) is 0. The van der Waals surface area contributed by atoms with Crippen molar-refractivity contribution in [3.63, 3.8) is 0 Å². The second kappa shape index (κ2) is 8.28. The van der Waals surface area contributed by atoms with E-state index in [-0.39, 0.29) is 0 Å². The fourth-order valence-corrected chi connectivity index (χ4v) is 2.28.